The maximum absolute atomic E-state index is 12.6. The minimum absolute atomic E-state index is 0.0221. The minimum atomic E-state index is -0.766. The molecule has 1 amide bonds. The summed E-state index contributed by atoms with van der Waals surface area (Å²) in [5.74, 6) is 0.563. The van der Waals surface area contributed by atoms with Crippen LogP contribution in [-0.2, 0) is 9.47 Å². The third-order valence-electron chi connectivity index (χ3n) is 3.85. The van der Waals surface area contributed by atoms with E-state index in [4.69, 9.17) is 14.2 Å². The van der Waals surface area contributed by atoms with Gasteiger partial charge >= 0.3 is 6.09 Å². The molecular weight excluding hydrogens is 322 g/mol. The van der Waals surface area contributed by atoms with Gasteiger partial charge in [-0.2, -0.15) is 0 Å². The molecule has 0 aromatic heterocycles. The lowest BCUT2D eigenvalue weighted by Crippen LogP contribution is -2.51. The molecule has 0 unspecified atom stereocenters. The number of Topliss-reactive ketones (excluding diaryl/α,β-unsaturated/α-hetero) is 1. The second-order valence-electron chi connectivity index (χ2n) is 7.66. The second-order valence-corrected chi connectivity index (χ2v) is 7.66. The molecule has 0 bridgehead atoms. The first-order valence-electron chi connectivity index (χ1n) is 8.40. The summed E-state index contributed by atoms with van der Waals surface area (Å²) in [7, 11) is 0. The molecule has 0 N–H and O–H groups in total. The number of carbonyl (C=O) groups is 2. The molecule has 1 aliphatic rings. The topological polar surface area (TPSA) is 65.1 Å². The van der Waals surface area contributed by atoms with Crippen molar-refractivity contribution in [2.45, 2.75) is 58.9 Å². The molecule has 0 radical (unpaired) electrons. The first-order valence-corrected chi connectivity index (χ1v) is 8.40. The number of carbonyl (C=O) groups excluding carboxylic acids is 2. The SMILES string of the molecule is CC(=O)c1cccc(OC[C@@H]2COC(C)(C)N2C(=O)OC(C)(C)C)c1. The number of nitrogens with zero attached hydrogens (tertiary/aromatic N) is 1. The van der Waals surface area contributed by atoms with Crippen molar-refractivity contribution in [1.29, 1.82) is 0 Å². The Morgan fingerprint density at radius 1 is 1.32 bits per heavy atom. The molecule has 1 aromatic rings. The lowest BCUT2D eigenvalue weighted by molar-refractivity contribution is -0.0637. The highest BCUT2D eigenvalue weighted by molar-refractivity contribution is 5.94. The van der Waals surface area contributed by atoms with Crippen LogP contribution in [0.3, 0.4) is 0 Å². The predicted octanol–water partition coefficient (Wildman–Crippen LogP) is 3.64. The summed E-state index contributed by atoms with van der Waals surface area (Å²) < 4.78 is 17.0. The largest absolute Gasteiger partial charge is 0.491 e. The molecule has 6 nitrogen and oxygen atoms in total. The number of hydrogen-bond donors (Lipinski definition) is 0. The Labute approximate surface area is 149 Å². The van der Waals surface area contributed by atoms with Crippen molar-refractivity contribution in [3.05, 3.63) is 29.8 Å². The highest BCUT2D eigenvalue weighted by atomic mass is 16.6. The number of hydrogen-bond acceptors (Lipinski definition) is 5. The molecule has 1 aliphatic heterocycles. The maximum Gasteiger partial charge on any atom is 0.413 e. The van der Waals surface area contributed by atoms with Crippen LogP contribution in [0.5, 0.6) is 5.75 Å². The molecule has 1 atom stereocenters. The fraction of sp³-hybridized carbons (Fsp3) is 0.579. The summed E-state index contributed by atoms with van der Waals surface area (Å²) in [4.78, 5) is 25.6. The van der Waals surface area contributed by atoms with Crippen molar-refractivity contribution in [1.82, 2.24) is 4.90 Å². The molecule has 1 saturated heterocycles. The van der Waals surface area contributed by atoms with Gasteiger partial charge in [-0.3, -0.25) is 9.69 Å². The van der Waals surface area contributed by atoms with Gasteiger partial charge in [0, 0.05) is 5.56 Å². The summed E-state index contributed by atoms with van der Waals surface area (Å²) in [5, 5.41) is 0. The van der Waals surface area contributed by atoms with Gasteiger partial charge in [-0.1, -0.05) is 12.1 Å². The smallest absolute Gasteiger partial charge is 0.413 e. The molecule has 0 aliphatic carbocycles. The van der Waals surface area contributed by atoms with Crippen molar-refractivity contribution in [3.8, 4) is 5.75 Å². The van der Waals surface area contributed by atoms with Crippen LogP contribution in [0, 0.1) is 0 Å². The Hall–Kier alpha value is -2.08. The van der Waals surface area contributed by atoms with E-state index in [9.17, 15) is 9.59 Å². The average molecular weight is 349 g/mol. The monoisotopic (exact) mass is 349 g/mol. The fourth-order valence-electron chi connectivity index (χ4n) is 2.68. The van der Waals surface area contributed by atoms with Crippen LogP contribution in [0.25, 0.3) is 0 Å². The highest BCUT2D eigenvalue weighted by Gasteiger charge is 2.46. The number of rotatable bonds is 4. The number of ether oxygens (including phenoxy) is 3. The van der Waals surface area contributed by atoms with Gasteiger partial charge in [-0.05, 0) is 53.7 Å². The summed E-state index contributed by atoms with van der Waals surface area (Å²) >= 11 is 0. The zero-order valence-corrected chi connectivity index (χ0v) is 15.8. The Morgan fingerprint density at radius 3 is 2.60 bits per heavy atom. The Bertz CT molecular complexity index is 647. The molecule has 6 heteroatoms. The Balaban J connectivity index is 2.08. The van der Waals surface area contributed by atoms with Gasteiger partial charge < -0.3 is 14.2 Å². The molecule has 25 heavy (non-hydrogen) atoms. The van der Waals surface area contributed by atoms with Gasteiger partial charge in [-0.15, -0.1) is 0 Å². The Kier molecular flexibility index (Phi) is 5.42. The molecule has 138 valence electrons. The molecule has 1 heterocycles. The van der Waals surface area contributed by atoms with E-state index in [-0.39, 0.29) is 18.4 Å². The zero-order chi connectivity index (χ0) is 18.8. The van der Waals surface area contributed by atoms with Crippen LogP contribution in [0.1, 0.15) is 51.9 Å². The van der Waals surface area contributed by atoms with E-state index in [2.05, 4.69) is 0 Å². The lowest BCUT2D eigenvalue weighted by Gasteiger charge is -2.35. The van der Waals surface area contributed by atoms with E-state index >= 15 is 0 Å². The normalized spacial score (nSPS) is 19.6. The molecule has 2 rings (SSSR count). The quantitative estimate of drug-likeness (QED) is 0.777. The van der Waals surface area contributed by atoms with Crippen molar-refractivity contribution in [2.24, 2.45) is 0 Å². The molecule has 0 saturated carbocycles. The summed E-state index contributed by atoms with van der Waals surface area (Å²) in [5.41, 5.74) is -0.765. The van der Waals surface area contributed by atoms with E-state index in [0.717, 1.165) is 0 Å². The van der Waals surface area contributed by atoms with E-state index < -0.39 is 17.4 Å². The lowest BCUT2D eigenvalue weighted by atomic mass is 10.1. The van der Waals surface area contributed by atoms with E-state index in [1.807, 2.05) is 34.6 Å². The van der Waals surface area contributed by atoms with Gasteiger partial charge in [0.1, 0.15) is 23.7 Å². The predicted molar refractivity (Wildman–Crippen MR) is 93.8 cm³/mol. The molecule has 1 aromatic carbocycles. The van der Waals surface area contributed by atoms with Crippen LogP contribution in [0.4, 0.5) is 4.79 Å². The molecule has 0 spiro atoms. The number of ketones is 1. The van der Waals surface area contributed by atoms with Gasteiger partial charge in [0.25, 0.3) is 0 Å². The van der Waals surface area contributed by atoms with E-state index in [1.54, 1.807) is 29.2 Å². The van der Waals surface area contributed by atoms with Crippen LogP contribution < -0.4 is 4.74 Å². The molecule has 1 fully saturated rings. The van der Waals surface area contributed by atoms with Crippen LogP contribution in [-0.4, -0.2) is 47.4 Å². The van der Waals surface area contributed by atoms with Gasteiger partial charge in [0.05, 0.1) is 12.6 Å². The van der Waals surface area contributed by atoms with Gasteiger partial charge in [-0.25, -0.2) is 4.79 Å². The fourth-order valence-corrected chi connectivity index (χ4v) is 2.68. The van der Waals surface area contributed by atoms with Gasteiger partial charge in [0.2, 0.25) is 0 Å². The van der Waals surface area contributed by atoms with E-state index in [0.29, 0.717) is 17.9 Å². The first kappa shape index (κ1) is 19.2. The van der Waals surface area contributed by atoms with E-state index in [1.165, 1.54) is 6.92 Å². The van der Waals surface area contributed by atoms with Crippen molar-refractivity contribution in [2.75, 3.05) is 13.2 Å². The highest BCUT2D eigenvalue weighted by Crippen LogP contribution is 2.30. The standard InChI is InChI=1S/C19H27NO5/c1-13(21)14-8-7-9-16(10-14)23-11-15-12-24-19(5,6)20(15)17(22)25-18(2,3)4/h7-10,15H,11-12H2,1-6H3/t15-/m1/s1. The number of amides is 1. The number of benzene rings is 1. The Morgan fingerprint density at radius 2 is 2.00 bits per heavy atom. The minimum Gasteiger partial charge on any atom is -0.491 e. The van der Waals surface area contributed by atoms with Crippen molar-refractivity contribution >= 4 is 11.9 Å². The summed E-state index contributed by atoms with van der Waals surface area (Å²) in [6, 6.07) is 6.72. The maximum atomic E-state index is 12.6. The third kappa shape index (κ3) is 4.95. The first-order chi connectivity index (χ1) is 11.5. The summed E-state index contributed by atoms with van der Waals surface area (Å²) in [6.07, 6.45) is -0.430. The van der Waals surface area contributed by atoms with Crippen LogP contribution in [0.2, 0.25) is 0 Å². The average Bonchev–Trinajstić information content (AvgIpc) is 2.78. The van der Waals surface area contributed by atoms with Crippen molar-refractivity contribution < 1.29 is 23.8 Å². The zero-order valence-electron chi connectivity index (χ0n) is 15.8. The third-order valence-corrected chi connectivity index (χ3v) is 3.85. The van der Waals surface area contributed by atoms with Crippen LogP contribution >= 0.6 is 0 Å². The molecular formula is C19H27NO5. The van der Waals surface area contributed by atoms with Gasteiger partial charge in [0.15, 0.2) is 5.78 Å². The summed E-state index contributed by atoms with van der Waals surface area (Å²) in [6.45, 7) is 11.3. The second kappa shape index (κ2) is 7.04. The van der Waals surface area contributed by atoms with Crippen molar-refractivity contribution in [3.63, 3.8) is 0 Å². The van der Waals surface area contributed by atoms with Crippen LogP contribution in [0.15, 0.2) is 24.3 Å².